The van der Waals surface area contributed by atoms with E-state index in [1.165, 1.54) is 11.1 Å². The lowest BCUT2D eigenvalue weighted by molar-refractivity contribution is -0.00000492. The molecule has 1 spiro atoms. The zero-order valence-corrected chi connectivity index (χ0v) is 13.2. The molecule has 0 unspecified atom stereocenters. The summed E-state index contributed by atoms with van der Waals surface area (Å²) in [5.41, 5.74) is 15.2. The molecule has 1 aliphatic carbocycles. The molecule has 3 rings (SSSR count). The van der Waals surface area contributed by atoms with Gasteiger partial charge in [0, 0.05) is 5.69 Å². The van der Waals surface area contributed by atoms with E-state index in [2.05, 4.69) is 46.9 Å². The molecule has 114 valence electrons. The normalized spacial score (nSPS) is 20.0. The number of aliphatic imine (C=N–C) groups is 2. The number of rotatable bonds is 1. The quantitative estimate of drug-likeness (QED) is 0.700. The predicted octanol–water partition coefficient (Wildman–Crippen LogP) is -0.973. The van der Waals surface area contributed by atoms with Gasteiger partial charge in [0.15, 0.2) is 0 Å². The molecule has 1 heterocycles. The Kier molecular flexibility index (Phi) is 4.14. The van der Waals surface area contributed by atoms with Crippen molar-refractivity contribution in [3.8, 4) is 0 Å². The number of aryl methyl sites for hydroxylation is 2. The minimum Gasteiger partial charge on any atom is -1.00 e. The molecule has 1 fully saturated rings. The van der Waals surface area contributed by atoms with Gasteiger partial charge in [-0.15, -0.1) is 0 Å². The number of hydrogen-bond acceptors (Lipinski definition) is 5. The van der Waals surface area contributed by atoms with Crippen LogP contribution in [0.5, 0.6) is 0 Å². The summed E-state index contributed by atoms with van der Waals surface area (Å²) in [6.07, 6.45) is 4.23. The second-order valence-electron chi connectivity index (χ2n) is 5.75. The predicted molar refractivity (Wildman–Crippen MR) is 82.8 cm³/mol. The zero-order chi connectivity index (χ0) is 14.3. The van der Waals surface area contributed by atoms with Crippen molar-refractivity contribution in [3.63, 3.8) is 0 Å². The fraction of sp³-hybridized carbons (Fsp3) is 0.467. The Morgan fingerprint density at radius 1 is 1.14 bits per heavy atom. The van der Waals surface area contributed by atoms with Crippen LogP contribution >= 0.6 is 0 Å². The molecule has 0 radical (unpaired) electrons. The van der Waals surface area contributed by atoms with Gasteiger partial charge in [-0.1, -0.05) is 17.7 Å². The van der Waals surface area contributed by atoms with Crippen LogP contribution in [-0.4, -0.2) is 17.6 Å². The highest BCUT2D eigenvalue weighted by molar-refractivity contribution is 6.06. The van der Waals surface area contributed by atoms with Gasteiger partial charge < -0.3 is 23.9 Å². The van der Waals surface area contributed by atoms with Crippen LogP contribution in [-0.2, 0) is 0 Å². The maximum Gasteiger partial charge on any atom is 0.220 e. The van der Waals surface area contributed by atoms with Crippen molar-refractivity contribution in [2.24, 2.45) is 21.5 Å². The Balaban J connectivity index is 0.00000161. The molecule has 0 amide bonds. The Morgan fingerprint density at radius 2 is 1.81 bits per heavy atom. The summed E-state index contributed by atoms with van der Waals surface area (Å²) in [6.45, 7) is 4.19. The lowest BCUT2D eigenvalue weighted by Gasteiger charge is -2.41. The van der Waals surface area contributed by atoms with E-state index >= 15 is 0 Å². The number of anilines is 1. The second-order valence-corrected chi connectivity index (χ2v) is 5.75. The van der Waals surface area contributed by atoms with Gasteiger partial charge in [0.2, 0.25) is 11.9 Å². The molecule has 5 nitrogen and oxygen atoms in total. The molecule has 1 aromatic rings. The molecule has 1 aliphatic heterocycles. The van der Waals surface area contributed by atoms with E-state index in [-0.39, 0.29) is 18.1 Å². The molecule has 0 atom stereocenters. The third kappa shape index (κ3) is 2.58. The van der Waals surface area contributed by atoms with Crippen LogP contribution in [0.1, 0.15) is 36.8 Å². The summed E-state index contributed by atoms with van der Waals surface area (Å²) < 4.78 is 0. The van der Waals surface area contributed by atoms with E-state index in [4.69, 9.17) is 11.5 Å². The first-order valence-electron chi connectivity index (χ1n) is 7.09. The number of halogens is 1. The first-order valence-corrected chi connectivity index (χ1v) is 7.09. The summed E-state index contributed by atoms with van der Waals surface area (Å²) in [4.78, 5) is 10.9. The Morgan fingerprint density at radius 3 is 2.43 bits per heavy atom. The van der Waals surface area contributed by atoms with Gasteiger partial charge in [-0.2, -0.15) is 4.99 Å². The van der Waals surface area contributed by atoms with Gasteiger partial charge in [0.05, 0.1) is 0 Å². The van der Waals surface area contributed by atoms with Crippen LogP contribution in [0.4, 0.5) is 5.69 Å². The van der Waals surface area contributed by atoms with Gasteiger partial charge >= 0.3 is 0 Å². The number of nitrogens with zero attached hydrogens (tertiary/aromatic N) is 3. The lowest BCUT2D eigenvalue weighted by Crippen LogP contribution is -3.00. The standard InChI is InChI=1S/C15H21N5.ClH/c1-10-5-6-12(11(2)9-10)20-14(17)18-13(16)19-15(20)7-3-4-8-15;/h5-6,9H,3-4,7-8H2,1-2H3,(H4,16,17,18,19);1H/p-1. The average Bonchev–Trinajstić information content (AvgIpc) is 2.79. The summed E-state index contributed by atoms with van der Waals surface area (Å²) in [6, 6.07) is 6.36. The van der Waals surface area contributed by atoms with Crippen molar-refractivity contribution in [1.82, 2.24) is 0 Å². The summed E-state index contributed by atoms with van der Waals surface area (Å²) >= 11 is 0. The van der Waals surface area contributed by atoms with Crippen LogP contribution in [0.25, 0.3) is 0 Å². The van der Waals surface area contributed by atoms with Gasteiger partial charge in [-0.05, 0) is 51.2 Å². The third-order valence-electron chi connectivity index (χ3n) is 4.19. The van der Waals surface area contributed by atoms with Gasteiger partial charge in [0.1, 0.15) is 5.66 Å². The monoisotopic (exact) mass is 306 g/mol. The fourth-order valence-electron chi connectivity index (χ4n) is 3.35. The number of hydrogen-bond donors (Lipinski definition) is 2. The van der Waals surface area contributed by atoms with Crippen LogP contribution in [0.15, 0.2) is 28.2 Å². The van der Waals surface area contributed by atoms with E-state index in [0.717, 1.165) is 31.4 Å². The third-order valence-corrected chi connectivity index (χ3v) is 4.19. The molecule has 4 N–H and O–H groups in total. The van der Waals surface area contributed by atoms with Crippen LogP contribution in [0.3, 0.4) is 0 Å². The fourth-order valence-corrected chi connectivity index (χ4v) is 3.35. The van der Waals surface area contributed by atoms with E-state index in [1.807, 2.05) is 0 Å². The Labute approximate surface area is 131 Å². The smallest absolute Gasteiger partial charge is 0.220 e. The van der Waals surface area contributed by atoms with Gasteiger partial charge in [0.25, 0.3) is 0 Å². The molecular formula is C15H21ClN5-. The Bertz CT molecular complexity index is 602. The van der Waals surface area contributed by atoms with Gasteiger partial charge in [-0.25, -0.2) is 4.99 Å². The van der Waals surface area contributed by atoms with E-state index in [0.29, 0.717) is 11.9 Å². The van der Waals surface area contributed by atoms with Crippen molar-refractivity contribution in [2.75, 3.05) is 4.90 Å². The lowest BCUT2D eigenvalue weighted by atomic mass is 10.0. The molecule has 1 aromatic carbocycles. The first-order chi connectivity index (χ1) is 9.52. The van der Waals surface area contributed by atoms with Crippen molar-refractivity contribution < 1.29 is 12.4 Å². The molecule has 6 heteroatoms. The zero-order valence-electron chi connectivity index (χ0n) is 12.4. The van der Waals surface area contributed by atoms with Crippen LogP contribution < -0.4 is 28.8 Å². The number of nitrogens with two attached hydrogens (primary N) is 2. The summed E-state index contributed by atoms with van der Waals surface area (Å²) in [5.74, 6) is 0.747. The van der Waals surface area contributed by atoms with E-state index in [9.17, 15) is 0 Å². The largest absolute Gasteiger partial charge is 1.00 e. The van der Waals surface area contributed by atoms with Crippen molar-refractivity contribution in [3.05, 3.63) is 29.3 Å². The van der Waals surface area contributed by atoms with Crippen molar-refractivity contribution in [1.29, 1.82) is 0 Å². The highest BCUT2D eigenvalue weighted by atomic mass is 35.5. The molecule has 21 heavy (non-hydrogen) atoms. The highest BCUT2D eigenvalue weighted by Crippen LogP contribution is 2.41. The summed E-state index contributed by atoms with van der Waals surface area (Å²) in [5, 5.41) is 0. The second kappa shape index (κ2) is 5.56. The highest BCUT2D eigenvalue weighted by Gasteiger charge is 2.44. The summed E-state index contributed by atoms with van der Waals surface area (Å²) in [7, 11) is 0. The molecule has 0 saturated heterocycles. The molecule has 1 saturated carbocycles. The van der Waals surface area contributed by atoms with Crippen LogP contribution in [0.2, 0.25) is 0 Å². The van der Waals surface area contributed by atoms with E-state index in [1.54, 1.807) is 0 Å². The minimum atomic E-state index is -0.337. The molecule has 0 bridgehead atoms. The number of guanidine groups is 2. The minimum absolute atomic E-state index is 0. The van der Waals surface area contributed by atoms with Crippen LogP contribution in [0, 0.1) is 13.8 Å². The molecule has 2 aliphatic rings. The topological polar surface area (TPSA) is 80.0 Å². The SMILES string of the molecule is Cc1ccc(N2C(N)=NC(N)=NC23CCCC3)c(C)c1.[Cl-]. The van der Waals surface area contributed by atoms with Crippen molar-refractivity contribution in [2.45, 2.75) is 45.2 Å². The average molecular weight is 307 g/mol. The molecule has 0 aromatic heterocycles. The van der Waals surface area contributed by atoms with Crippen molar-refractivity contribution >= 4 is 17.6 Å². The maximum absolute atomic E-state index is 6.18. The van der Waals surface area contributed by atoms with Gasteiger partial charge in [-0.3, -0.25) is 4.90 Å². The molecular weight excluding hydrogens is 286 g/mol. The number of benzene rings is 1. The Hall–Kier alpha value is -1.75. The van der Waals surface area contributed by atoms with E-state index < -0.39 is 0 Å². The maximum atomic E-state index is 6.18. The first kappa shape index (κ1) is 15.6.